The molecule has 0 aliphatic rings. The topological polar surface area (TPSA) is 63.0 Å². The second kappa shape index (κ2) is 7.80. The molecule has 0 aliphatic heterocycles. The fraction of sp³-hybridized carbons (Fsp3) is 0.160. The van der Waals surface area contributed by atoms with Crippen LogP contribution in [0.25, 0.3) is 44.1 Å². The minimum Gasteiger partial charge on any atom is -0.497 e. The van der Waals surface area contributed by atoms with Gasteiger partial charge in [0.05, 0.1) is 44.9 Å². The third-order valence-corrected chi connectivity index (χ3v) is 5.80. The first kappa shape index (κ1) is 20.3. The summed E-state index contributed by atoms with van der Waals surface area (Å²) in [6, 6.07) is 15.1. The van der Waals surface area contributed by atoms with E-state index in [-0.39, 0.29) is 0 Å². The molecule has 0 N–H and O–H groups in total. The minimum atomic E-state index is 0.490. The van der Waals surface area contributed by atoms with Gasteiger partial charge in [-0.1, -0.05) is 23.7 Å². The smallest absolute Gasteiger partial charge is 0.228 e. The van der Waals surface area contributed by atoms with E-state index in [1.54, 1.807) is 28.4 Å². The first-order valence-electron chi connectivity index (χ1n) is 9.88. The molecular weight excluding hydrogens is 430 g/mol. The van der Waals surface area contributed by atoms with Crippen LogP contribution in [0.2, 0.25) is 5.02 Å². The molecule has 32 heavy (non-hydrogen) atoms. The second-order valence-electron chi connectivity index (χ2n) is 7.18. The summed E-state index contributed by atoms with van der Waals surface area (Å²) < 4.78 is 28.7. The Morgan fingerprint density at radius 1 is 0.750 bits per heavy atom. The van der Waals surface area contributed by atoms with Crippen LogP contribution in [0, 0.1) is 0 Å². The summed E-state index contributed by atoms with van der Waals surface area (Å²) in [6.45, 7) is 0. The fourth-order valence-corrected chi connectivity index (χ4v) is 4.22. The number of rotatable bonds is 5. The lowest BCUT2D eigenvalue weighted by Crippen LogP contribution is -1.98. The average molecular weight is 450 g/mol. The van der Waals surface area contributed by atoms with Crippen LogP contribution >= 0.6 is 11.6 Å². The average Bonchev–Trinajstić information content (AvgIpc) is 3.20. The van der Waals surface area contributed by atoms with Crippen LogP contribution in [-0.2, 0) is 0 Å². The van der Waals surface area contributed by atoms with E-state index >= 15 is 0 Å². The molecule has 2 aromatic heterocycles. The zero-order chi connectivity index (χ0) is 22.4. The van der Waals surface area contributed by atoms with Crippen LogP contribution in [0.15, 0.2) is 52.9 Å². The Balaban J connectivity index is 2.03. The van der Waals surface area contributed by atoms with Crippen LogP contribution in [0.3, 0.4) is 0 Å². The summed E-state index contributed by atoms with van der Waals surface area (Å²) >= 11 is 6.13. The Morgan fingerprint density at radius 2 is 1.50 bits per heavy atom. The van der Waals surface area contributed by atoms with Crippen LogP contribution < -0.4 is 18.9 Å². The first-order valence-corrected chi connectivity index (χ1v) is 10.3. The Bertz CT molecular complexity index is 1470. The largest absolute Gasteiger partial charge is 0.497 e. The molecule has 0 spiro atoms. The number of methoxy groups -OCH3 is 4. The molecule has 5 rings (SSSR count). The highest BCUT2D eigenvalue weighted by Crippen LogP contribution is 2.49. The Hall–Kier alpha value is -3.64. The van der Waals surface area contributed by atoms with E-state index < -0.39 is 0 Å². The van der Waals surface area contributed by atoms with Crippen LogP contribution in [-0.4, -0.2) is 33.4 Å². The molecule has 5 aromatic rings. The number of hydrogen-bond donors (Lipinski definition) is 0. The van der Waals surface area contributed by atoms with Crippen molar-refractivity contribution in [2.45, 2.75) is 0 Å². The molecular formula is C25H20ClNO5. The SMILES string of the molecule is COc1ccc2oc3nc(-c4ccc(Cl)cc4)c4c(OC)c(OC)c(OC)cc4c3c2c1. The molecule has 0 bridgehead atoms. The molecule has 0 aliphatic carbocycles. The van der Waals surface area contributed by atoms with Gasteiger partial charge in [-0.25, -0.2) is 4.98 Å². The van der Waals surface area contributed by atoms with Gasteiger partial charge in [0.2, 0.25) is 11.5 Å². The van der Waals surface area contributed by atoms with Crippen molar-refractivity contribution in [1.82, 2.24) is 4.98 Å². The van der Waals surface area contributed by atoms with Gasteiger partial charge in [-0.2, -0.15) is 0 Å². The summed E-state index contributed by atoms with van der Waals surface area (Å²) in [5.74, 6) is 2.29. The highest BCUT2D eigenvalue weighted by molar-refractivity contribution is 6.30. The van der Waals surface area contributed by atoms with Gasteiger partial charge in [-0.15, -0.1) is 0 Å². The molecule has 0 unspecified atom stereocenters. The zero-order valence-corrected chi connectivity index (χ0v) is 18.7. The van der Waals surface area contributed by atoms with Gasteiger partial charge in [-0.05, 0) is 36.4 Å². The van der Waals surface area contributed by atoms with E-state index in [4.69, 9.17) is 39.9 Å². The molecule has 0 radical (unpaired) electrons. The monoisotopic (exact) mass is 449 g/mol. The number of halogens is 1. The van der Waals surface area contributed by atoms with Gasteiger partial charge in [0.1, 0.15) is 11.3 Å². The van der Waals surface area contributed by atoms with Crippen molar-refractivity contribution >= 4 is 44.4 Å². The number of ether oxygens (including phenoxy) is 4. The first-order chi connectivity index (χ1) is 15.6. The fourth-order valence-electron chi connectivity index (χ4n) is 4.09. The van der Waals surface area contributed by atoms with E-state index in [2.05, 4.69) is 0 Å². The number of furan rings is 1. The molecule has 7 heteroatoms. The minimum absolute atomic E-state index is 0.490. The van der Waals surface area contributed by atoms with Crippen molar-refractivity contribution in [2.24, 2.45) is 0 Å². The Labute approximate surface area is 189 Å². The van der Waals surface area contributed by atoms with Gasteiger partial charge in [-0.3, -0.25) is 0 Å². The molecule has 0 atom stereocenters. The van der Waals surface area contributed by atoms with Crippen LogP contribution in [0.4, 0.5) is 0 Å². The number of aromatic nitrogens is 1. The summed E-state index contributed by atoms with van der Waals surface area (Å²) in [6.07, 6.45) is 0. The molecule has 2 heterocycles. The van der Waals surface area contributed by atoms with Crippen molar-refractivity contribution < 1.29 is 23.4 Å². The maximum atomic E-state index is 6.14. The van der Waals surface area contributed by atoms with E-state index in [0.29, 0.717) is 39.3 Å². The third kappa shape index (κ3) is 2.99. The van der Waals surface area contributed by atoms with Crippen molar-refractivity contribution in [2.75, 3.05) is 28.4 Å². The molecule has 3 aromatic carbocycles. The van der Waals surface area contributed by atoms with Gasteiger partial charge in [0.25, 0.3) is 0 Å². The van der Waals surface area contributed by atoms with Gasteiger partial charge >= 0.3 is 0 Å². The highest BCUT2D eigenvalue weighted by atomic mass is 35.5. The number of benzene rings is 3. The molecule has 0 saturated heterocycles. The van der Waals surface area contributed by atoms with Gasteiger partial charge < -0.3 is 23.4 Å². The Morgan fingerprint density at radius 3 is 2.16 bits per heavy atom. The molecule has 162 valence electrons. The quantitative estimate of drug-likeness (QED) is 0.305. The standard InChI is InChI=1S/C25H20ClNO5/c1-28-15-9-10-18-16(11-15)20-17-12-19(29-2)23(30-3)24(31-4)21(17)22(27-25(20)32-18)13-5-7-14(26)8-6-13/h5-12H,1-4H3. The van der Waals surface area contributed by atoms with E-state index in [1.165, 1.54) is 0 Å². The van der Waals surface area contributed by atoms with Crippen LogP contribution in [0.1, 0.15) is 0 Å². The number of hydrogen-bond acceptors (Lipinski definition) is 6. The van der Waals surface area contributed by atoms with Gasteiger partial charge in [0, 0.05) is 21.4 Å². The maximum Gasteiger partial charge on any atom is 0.228 e. The van der Waals surface area contributed by atoms with E-state index in [9.17, 15) is 0 Å². The third-order valence-electron chi connectivity index (χ3n) is 5.54. The van der Waals surface area contributed by atoms with Crippen molar-refractivity contribution in [3.63, 3.8) is 0 Å². The predicted molar refractivity (Wildman–Crippen MR) is 126 cm³/mol. The number of fused-ring (bicyclic) bond motifs is 5. The Kier molecular flexibility index (Phi) is 4.94. The van der Waals surface area contributed by atoms with E-state index in [0.717, 1.165) is 32.9 Å². The highest BCUT2D eigenvalue weighted by Gasteiger charge is 2.25. The molecule has 6 nitrogen and oxygen atoms in total. The van der Waals surface area contributed by atoms with Crippen molar-refractivity contribution in [1.29, 1.82) is 0 Å². The molecule has 0 saturated carbocycles. The van der Waals surface area contributed by atoms with E-state index in [1.807, 2.05) is 48.5 Å². The molecule has 0 amide bonds. The lowest BCUT2D eigenvalue weighted by atomic mass is 9.98. The predicted octanol–water partition coefficient (Wildman–Crippen LogP) is 6.49. The zero-order valence-electron chi connectivity index (χ0n) is 18.0. The lowest BCUT2D eigenvalue weighted by Gasteiger charge is -2.17. The second-order valence-corrected chi connectivity index (χ2v) is 7.62. The number of pyridine rings is 1. The normalized spacial score (nSPS) is 11.3. The van der Waals surface area contributed by atoms with Crippen molar-refractivity contribution in [3.8, 4) is 34.3 Å². The molecule has 0 fully saturated rings. The summed E-state index contributed by atoms with van der Waals surface area (Å²) in [4.78, 5) is 4.91. The maximum absolute atomic E-state index is 6.14. The van der Waals surface area contributed by atoms with Gasteiger partial charge in [0.15, 0.2) is 11.5 Å². The summed E-state index contributed by atoms with van der Waals surface area (Å²) in [5.41, 5.74) is 2.76. The summed E-state index contributed by atoms with van der Waals surface area (Å²) in [7, 11) is 6.41. The van der Waals surface area contributed by atoms with Crippen molar-refractivity contribution in [3.05, 3.63) is 53.6 Å². The lowest BCUT2D eigenvalue weighted by molar-refractivity contribution is 0.327. The van der Waals surface area contributed by atoms with Crippen LogP contribution in [0.5, 0.6) is 23.0 Å². The summed E-state index contributed by atoms with van der Waals surface area (Å²) in [5, 5.41) is 4.01. The number of nitrogens with zero attached hydrogens (tertiary/aromatic N) is 1.